The van der Waals surface area contributed by atoms with Gasteiger partial charge < -0.3 is 5.73 Å². The second-order valence-corrected chi connectivity index (χ2v) is 7.50. The van der Waals surface area contributed by atoms with Crippen LogP contribution in [0, 0.1) is 0 Å². The third-order valence-corrected chi connectivity index (χ3v) is 5.89. The fraction of sp³-hybridized carbons (Fsp3) is 0.364. The Morgan fingerprint density at radius 1 is 1.17 bits per heavy atom. The molecule has 0 atom stereocenters. The number of aromatic nitrogens is 2. The second-order valence-electron chi connectivity index (χ2n) is 4.48. The first-order valence-electron chi connectivity index (χ1n) is 5.58. The number of nitrogens with two attached hydrogens (primary N) is 1. The standard InChI is InChI=1S/C11H18N5OP/c1-14(2)18(17,15(3)4)16-10-8-6-5-7-9(10)13-11(16)12/h5-8H,1-4H3,(H2,12,13). The van der Waals surface area contributed by atoms with Crippen LogP contribution in [-0.2, 0) is 4.57 Å². The summed E-state index contributed by atoms with van der Waals surface area (Å²) < 4.78 is 18.2. The Morgan fingerprint density at radius 2 is 1.72 bits per heavy atom. The van der Waals surface area contributed by atoms with E-state index in [-0.39, 0.29) is 5.95 Å². The summed E-state index contributed by atoms with van der Waals surface area (Å²) in [6, 6.07) is 7.50. The molecule has 6 nitrogen and oxygen atoms in total. The number of para-hydroxylation sites is 2. The Balaban J connectivity index is 2.81. The maximum atomic E-state index is 13.2. The van der Waals surface area contributed by atoms with E-state index >= 15 is 0 Å². The molecule has 1 heterocycles. The van der Waals surface area contributed by atoms with Gasteiger partial charge in [0.1, 0.15) is 0 Å². The largest absolute Gasteiger partial charge is 0.369 e. The molecule has 0 spiro atoms. The van der Waals surface area contributed by atoms with Crippen LogP contribution in [0.4, 0.5) is 5.95 Å². The van der Waals surface area contributed by atoms with Gasteiger partial charge in [-0.25, -0.2) is 18.7 Å². The van der Waals surface area contributed by atoms with E-state index in [9.17, 15) is 4.57 Å². The molecular formula is C11H18N5OP. The van der Waals surface area contributed by atoms with Gasteiger partial charge in [-0.1, -0.05) is 12.1 Å². The van der Waals surface area contributed by atoms with E-state index in [1.807, 2.05) is 24.3 Å². The second kappa shape index (κ2) is 4.39. The van der Waals surface area contributed by atoms with Crippen molar-refractivity contribution in [2.45, 2.75) is 0 Å². The van der Waals surface area contributed by atoms with Crippen molar-refractivity contribution >= 4 is 24.6 Å². The van der Waals surface area contributed by atoms with Crippen molar-refractivity contribution in [2.75, 3.05) is 33.9 Å². The lowest BCUT2D eigenvalue weighted by Gasteiger charge is -2.31. The van der Waals surface area contributed by atoms with E-state index in [1.165, 1.54) is 0 Å². The molecule has 1 aromatic heterocycles. The molecule has 0 saturated heterocycles. The monoisotopic (exact) mass is 267 g/mol. The zero-order valence-electron chi connectivity index (χ0n) is 11.0. The van der Waals surface area contributed by atoms with E-state index in [2.05, 4.69) is 4.98 Å². The van der Waals surface area contributed by atoms with Gasteiger partial charge in [0.15, 0.2) is 0 Å². The van der Waals surface area contributed by atoms with Crippen molar-refractivity contribution in [3.8, 4) is 0 Å². The zero-order chi connectivity index (χ0) is 13.5. The number of imidazole rings is 1. The summed E-state index contributed by atoms with van der Waals surface area (Å²) in [5, 5.41) is 0. The molecular weight excluding hydrogens is 249 g/mol. The molecule has 0 aliphatic rings. The van der Waals surface area contributed by atoms with Crippen LogP contribution >= 0.6 is 7.59 Å². The number of nitrogen functional groups attached to an aromatic ring is 1. The minimum Gasteiger partial charge on any atom is -0.369 e. The molecule has 0 saturated carbocycles. The van der Waals surface area contributed by atoms with E-state index in [0.717, 1.165) is 11.0 Å². The molecule has 2 rings (SSSR count). The van der Waals surface area contributed by atoms with Crippen LogP contribution < -0.4 is 5.73 Å². The lowest BCUT2D eigenvalue weighted by molar-refractivity contribution is 0.439. The Kier molecular flexibility index (Phi) is 3.19. The van der Waals surface area contributed by atoms with Crippen molar-refractivity contribution in [1.82, 2.24) is 18.7 Å². The normalized spacial score (nSPS) is 12.8. The van der Waals surface area contributed by atoms with Gasteiger partial charge in [0, 0.05) is 0 Å². The van der Waals surface area contributed by atoms with Crippen LogP contribution in [0.5, 0.6) is 0 Å². The smallest absolute Gasteiger partial charge is 0.316 e. The molecule has 0 bridgehead atoms. The number of hydrogen-bond donors (Lipinski definition) is 1. The summed E-state index contributed by atoms with van der Waals surface area (Å²) in [5.41, 5.74) is 7.47. The van der Waals surface area contributed by atoms with E-state index in [0.29, 0.717) is 0 Å². The molecule has 2 N–H and O–H groups in total. The SMILES string of the molecule is CN(C)P(=O)(N(C)C)n1c(N)nc2ccccc21. The number of fused-ring (bicyclic) bond motifs is 1. The maximum Gasteiger partial charge on any atom is 0.316 e. The summed E-state index contributed by atoms with van der Waals surface area (Å²) in [7, 11) is 4.14. The average molecular weight is 267 g/mol. The maximum absolute atomic E-state index is 13.2. The molecule has 0 aliphatic carbocycles. The van der Waals surface area contributed by atoms with Gasteiger partial charge in [0.2, 0.25) is 5.95 Å². The fourth-order valence-corrected chi connectivity index (χ4v) is 4.21. The number of benzene rings is 1. The van der Waals surface area contributed by atoms with Gasteiger partial charge in [-0.3, -0.25) is 4.57 Å². The Bertz CT molecular complexity index is 607. The van der Waals surface area contributed by atoms with Crippen molar-refractivity contribution in [1.29, 1.82) is 0 Å². The Morgan fingerprint density at radius 3 is 2.28 bits per heavy atom. The lowest BCUT2D eigenvalue weighted by atomic mass is 10.3. The number of rotatable bonds is 3. The molecule has 0 amide bonds. The van der Waals surface area contributed by atoms with Gasteiger partial charge in [-0.15, -0.1) is 0 Å². The van der Waals surface area contributed by atoms with Crippen molar-refractivity contribution < 1.29 is 4.57 Å². The summed E-state index contributed by atoms with van der Waals surface area (Å²) in [6.07, 6.45) is 0. The predicted octanol–water partition coefficient (Wildman–Crippen LogP) is 1.70. The molecule has 0 fully saturated rings. The van der Waals surface area contributed by atoms with Gasteiger partial charge in [-0.05, 0) is 40.3 Å². The van der Waals surface area contributed by atoms with Crippen LogP contribution in [0.25, 0.3) is 11.0 Å². The fourth-order valence-electron chi connectivity index (χ4n) is 2.02. The van der Waals surface area contributed by atoms with Crippen LogP contribution in [0.2, 0.25) is 0 Å². The lowest BCUT2D eigenvalue weighted by Crippen LogP contribution is -2.26. The van der Waals surface area contributed by atoms with E-state index in [4.69, 9.17) is 5.73 Å². The molecule has 1 aromatic carbocycles. The molecule has 7 heteroatoms. The Labute approximate surface area is 107 Å². The first-order valence-corrected chi connectivity index (χ1v) is 7.15. The molecule has 0 unspecified atom stereocenters. The van der Waals surface area contributed by atoms with Crippen molar-refractivity contribution in [2.24, 2.45) is 0 Å². The first-order chi connectivity index (χ1) is 8.39. The molecule has 98 valence electrons. The number of nitrogens with zero attached hydrogens (tertiary/aromatic N) is 4. The quantitative estimate of drug-likeness (QED) is 0.857. The van der Waals surface area contributed by atoms with E-state index < -0.39 is 7.59 Å². The highest BCUT2D eigenvalue weighted by atomic mass is 31.2. The summed E-state index contributed by atoms with van der Waals surface area (Å²) in [6.45, 7) is 0. The van der Waals surface area contributed by atoms with Crippen LogP contribution in [0.15, 0.2) is 24.3 Å². The van der Waals surface area contributed by atoms with Crippen molar-refractivity contribution in [3.63, 3.8) is 0 Å². The van der Waals surface area contributed by atoms with Gasteiger partial charge >= 0.3 is 7.59 Å². The average Bonchev–Trinajstić information content (AvgIpc) is 2.63. The van der Waals surface area contributed by atoms with Crippen LogP contribution in [-0.4, -0.2) is 46.9 Å². The van der Waals surface area contributed by atoms with Crippen LogP contribution in [0.1, 0.15) is 0 Å². The summed E-state index contributed by atoms with van der Waals surface area (Å²) in [5.74, 6) is 0.266. The minimum atomic E-state index is -2.96. The topological polar surface area (TPSA) is 67.4 Å². The minimum absolute atomic E-state index is 0.266. The van der Waals surface area contributed by atoms with E-state index in [1.54, 1.807) is 41.9 Å². The Hall–Kier alpha value is -1.36. The number of hydrogen-bond acceptors (Lipinski definition) is 3. The highest BCUT2D eigenvalue weighted by molar-refractivity contribution is 7.57. The zero-order valence-corrected chi connectivity index (χ0v) is 11.9. The highest BCUT2D eigenvalue weighted by Crippen LogP contribution is 2.53. The van der Waals surface area contributed by atoms with Crippen molar-refractivity contribution in [3.05, 3.63) is 24.3 Å². The third kappa shape index (κ3) is 1.73. The highest BCUT2D eigenvalue weighted by Gasteiger charge is 2.33. The first kappa shape index (κ1) is 13.1. The molecule has 2 aromatic rings. The summed E-state index contributed by atoms with van der Waals surface area (Å²) in [4.78, 5) is 4.26. The van der Waals surface area contributed by atoms with Gasteiger partial charge in [-0.2, -0.15) is 0 Å². The van der Waals surface area contributed by atoms with Gasteiger partial charge in [0.25, 0.3) is 0 Å². The number of anilines is 1. The molecule has 0 aliphatic heterocycles. The molecule has 0 radical (unpaired) electrons. The van der Waals surface area contributed by atoms with Crippen LogP contribution in [0.3, 0.4) is 0 Å². The summed E-state index contributed by atoms with van der Waals surface area (Å²) >= 11 is 0. The third-order valence-electron chi connectivity index (χ3n) is 2.86. The molecule has 18 heavy (non-hydrogen) atoms. The predicted molar refractivity (Wildman–Crippen MR) is 74.5 cm³/mol. The van der Waals surface area contributed by atoms with Gasteiger partial charge in [0.05, 0.1) is 11.0 Å².